The first-order valence-electron chi connectivity index (χ1n) is 8.82. The van der Waals surface area contributed by atoms with Gasteiger partial charge in [-0.3, -0.25) is 4.79 Å². The molecular weight excluding hydrogens is 444 g/mol. The maximum absolute atomic E-state index is 10.4. The van der Waals surface area contributed by atoms with Crippen LogP contribution in [-0.4, -0.2) is 45.8 Å². The highest BCUT2D eigenvalue weighted by Crippen LogP contribution is 2.20. The third-order valence-electron chi connectivity index (χ3n) is 3.59. The number of thiocarbonyl (C=S) groups is 1. The Labute approximate surface area is 177 Å². The molecule has 2 rings (SSSR count). The SMILES string of the molecule is O=C(O)CCNC(=S)NCCCNc1nc(NCc2ccccc2)ncc1Br. The van der Waals surface area contributed by atoms with E-state index in [2.05, 4.69) is 47.2 Å². The molecule has 0 aliphatic carbocycles. The van der Waals surface area contributed by atoms with Crippen molar-refractivity contribution in [3.63, 3.8) is 0 Å². The molecule has 1 aromatic carbocycles. The molecule has 1 aromatic heterocycles. The molecule has 0 aliphatic rings. The Morgan fingerprint density at radius 3 is 2.61 bits per heavy atom. The van der Waals surface area contributed by atoms with E-state index >= 15 is 0 Å². The van der Waals surface area contributed by atoms with Gasteiger partial charge < -0.3 is 26.4 Å². The van der Waals surface area contributed by atoms with E-state index in [4.69, 9.17) is 17.3 Å². The smallest absolute Gasteiger partial charge is 0.305 e. The molecule has 10 heteroatoms. The van der Waals surface area contributed by atoms with Gasteiger partial charge in [-0.05, 0) is 40.1 Å². The molecule has 150 valence electrons. The normalized spacial score (nSPS) is 10.2. The van der Waals surface area contributed by atoms with Gasteiger partial charge in [-0.2, -0.15) is 4.98 Å². The topological polar surface area (TPSA) is 111 Å². The van der Waals surface area contributed by atoms with E-state index in [1.807, 2.05) is 30.3 Å². The molecule has 28 heavy (non-hydrogen) atoms. The van der Waals surface area contributed by atoms with Crippen molar-refractivity contribution in [1.29, 1.82) is 0 Å². The second-order valence-corrected chi connectivity index (χ2v) is 7.10. The van der Waals surface area contributed by atoms with Crippen molar-refractivity contribution >= 4 is 51.0 Å². The maximum atomic E-state index is 10.4. The van der Waals surface area contributed by atoms with Crippen molar-refractivity contribution in [1.82, 2.24) is 20.6 Å². The molecule has 0 radical (unpaired) electrons. The molecule has 0 atom stereocenters. The average Bonchev–Trinajstić information content (AvgIpc) is 2.68. The van der Waals surface area contributed by atoms with Crippen molar-refractivity contribution < 1.29 is 9.90 Å². The molecule has 0 bridgehead atoms. The number of halogens is 1. The van der Waals surface area contributed by atoms with Crippen molar-refractivity contribution in [3.05, 3.63) is 46.6 Å². The molecule has 0 aliphatic heterocycles. The summed E-state index contributed by atoms with van der Waals surface area (Å²) < 4.78 is 0.788. The molecule has 0 saturated carbocycles. The van der Waals surface area contributed by atoms with Crippen molar-refractivity contribution in [2.75, 3.05) is 30.3 Å². The number of anilines is 2. The first-order valence-corrected chi connectivity index (χ1v) is 10.0. The molecular formula is C18H23BrN6O2S. The molecule has 8 nitrogen and oxygen atoms in total. The summed E-state index contributed by atoms with van der Waals surface area (Å²) in [6, 6.07) is 10.1. The molecule has 0 saturated heterocycles. The van der Waals surface area contributed by atoms with Gasteiger partial charge in [-0.1, -0.05) is 30.3 Å². The van der Waals surface area contributed by atoms with Gasteiger partial charge >= 0.3 is 5.97 Å². The fraction of sp³-hybridized carbons (Fsp3) is 0.333. The number of nitrogens with one attached hydrogen (secondary N) is 4. The Morgan fingerprint density at radius 1 is 1.11 bits per heavy atom. The Hall–Kier alpha value is -2.46. The minimum Gasteiger partial charge on any atom is -0.481 e. The number of benzene rings is 1. The highest BCUT2D eigenvalue weighted by molar-refractivity contribution is 9.10. The number of nitrogens with zero attached hydrogens (tertiary/aromatic N) is 2. The van der Waals surface area contributed by atoms with Crippen LogP contribution in [0.2, 0.25) is 0 Å². The summed E-state index contributed by atoms with van der Waals surface area (Å²) in [7, 11) is 0. The van der Waals surface area contributed by atoms with Gasteiger partial charge in [0, 0.05) is 32.4 Å². The first kappa shape index (κ1) is 21.8. The van der Waals surface area contributed by atoms with E-state index < -0.39 is 5.97 Å². The van der Waals surface area contributed by atoms with Gasteiger partial charge in [-0.25, -0.2) is 4.98 Å². The van der Waals surface area contributed by atoms with E-state index in [1.54, 1.807) is 6.20 Å². The molecule has 2 aromatic rings. The second kappa shape index (κ2) is 12.1. The number of hydrogen-bond acceptors (Lipinski definition) is 6. The van der Waals surface area contributed by atoms with Crippen molar-refractivity contribution in [2.24, 2.45) is 0 Å². The molecule has 5 N–H and O–H groups in total. The molecule has 0 unspecified atom stereocenters. The summed E-state index contributed by atoms with van der Waals surface area (Å²) in [5.41, 5.74) is 1.16. The monoisotopic (exact) mass is 466 g/mol. The van der Waals surface area contributed by atoms with Crippen LogP contribution in [0.25, 0.3) is 0 Å². The molecule has 0 spiro atoms. The van der Waals surface area contributed by atoms with Crippen LogP contribution in [-0.2, 0) is 11.3 Å². The Bertz CT molecular complexity index is 778. The zero-order valence-corrected chi connectivity index (χ0v) is 17.6. The fourth-order valence-electron chi connectivity index (χ4n) is 2.20. The quantitative estimate of drug-likeness (QED) is 0.252. The third kappa shape index (κ3) is 8.49. The standard InChI is InChI=1S/C18H23BrN6O2S/c19-14-12-24-17(23-11-13-5-2-1-3-6-13)25-16(14)20-8-4-9-21-18(28)22-10-7-15(26)27/h1-3,5-6,12H,4,7-11H2,(H,26,27)(H2,21,22,28)(H2,20,23,24,25). The van der Waals surface area contributed by atoms with E-state index in [1.165, 1.54) is 0 Å². The summed E-state index contributed by atoms with van der Waals surface area (Å²) in [6.45, 7) is 2.32. The fourth-order valence-corrected chi connectivity index (χ4v) is 2.73. The lowest BCUT2D eigenvalue weighted by molar-refractivity contribution is -0.136. The predicted octanol–water partition coefficient (Wildman–Crippen LogP) is 2.59. The number of carboxylic acid groups (broad SMARTS) is 1. The summed E-state index contributed by atoms with van der Waals surface area (Å²) in [5.74, 6) is 0.414. The number of hydrogen-bond donors (Lipinski definition) is 5. The largest absolute Gasteiger partial charge is 0.481 e. The number of aromatic nitrogens is 2. The van der Waals surface area contributed by atoms with E-state index in [0.29, 0.717) is 43.1 Å². The van der Waals surface area contributed by atoms with Gasteiger partial charge in [-0.15, -0.1) is 0 Å². The number of carbonyl (C=O) groups is 1. The molecule has 0 fully saturated rings. The average molecular weight is 467 g/mol. The minimum atomic E-state index is -0.854. The van der Waals surface area contributed by atoms with Crippen LogP contribution in [0.5, 0.6) is 0 Å². The summed E-state index contributed by atoms with van der Waals surface area (Å²) in [5, 5.41) is 21.4. The third-order valence-corrected chi connectivity index (χ3v) is 4.46. The molecule has 1 heterocycles. The first-order chi connectivity index (χ1) is 13.5. The van der Waals surface area contributed by atoms with Crippen LogP contribution in [0.15, 0.2) is 41.0 Å². The summed E-state index contributed by atoms with van der Waals surface area (Å²) in [6.07, 6.45) is 2.55. The predicted molar refractivity (Wildman–Crippen MR) is 117 cm³/mol. The van der Waals surface area contributed by atoms with Crippen LogP contribution in [0.1, 0.15) is 18.4 Å². The van der Waals surface area contributed by atoms with E-state index in [-0.39, 0.29) is 6.42 Å². The van der Waals surface area contributed by atoms with Crippen molar-refractivity contribution in [2.45, 2.75) is 19.4 Å². The molecule has 0 amide bonds. The number of aliphatic carboxylic acids is 1. The van der Waals surface area contributed by atoms with Crippen molar-refractivity contribution in [3.8, 4) is 0 Å². The summed E-state index contributed by atoms with van der Waals surface area (Å²) in [4.78, 5) is 19.2. The number of rotatable bonds is 11. The lowest BCUT2D eigenvalue weighted by Gasteiger charge is -2.12. The van der Waals surface area contributed by atoms with Crippen LogP contribution in [0, 0.1) is 0 Å². The van der Waals surface area contributed by atoms with E-state index in [9.17, 15) is 4.79 Å². The Kier molecular flexibility index (Phi) is 9.43. The van der Waals surface area contributed by atoms with Gasteiger partial charge in [0.25, 0.3) is 0 Å². The Balaban J connectivity index is 1.69. The van der Waals surface area contributed by atoms with Gasteiger partial charge in [0.2, 0.25) is 5.95 Å². The highest BCUT2D eigenvalue weighted by Gasteiger charge is 2.05. The lowest BCUT2D eigenvalue weighted by Crippen LogP contribution is -2.37. The van der Waals surface area contributed by atoms with Crippen LogP contribution in [0.3, 0.4) is 0 Å². The van der Waals surface area contributed by atoms with Crippen LogP contribution in [0.4, 0.5) is 11.8 Å². The number of carboxylic acids is 1. The summed E-state index contributed by atoms with van der Waals surface area (Å²) >= 11 is 8.53. The maximum Gasteiger partial charge on any atom is 0.305 e. The van der Waals surface area contributed by atoms with Gasteiger partial charge in [0.1, 0.15) is 5.82 Å². The Morgan fingerprint density at radius 2 is 1.86 bits per heavy atom. The zero-order chi connectivity index (χ0) is 20.2. The van der Waals surface area contributed by atoms with Crippen LogP contribution < -0.4 is 21.3 Å². The van der Waals surface area contributed by atoms with Crippen LogP contribution >= 0.6 is 28.1 Å². The van der Waals surface area contributed by atoms with Gasteiger partial charge in [0.15, 0.2) is 5.11 Å². The highest BCUT2D eigenvalue weighted by atomic mass is 79.9. The van der Waals surface area contributed by atoms with E-state index in [0.717, 1.165) is 16.5 Å². The lowest BCUT2D eigenvalue weighted by atomic mass is 10.2. The second-order valence-electron chi connectivity index (χ2n) is 5.84. The zero-order valence-electron chi connectivity index (χ0n) is 15.2. The van der Waals surface area contributed by atoms with Gasteiger partial charge in [0.05, 0.1) is 10.9 Å². The minimum absolute atomic E-state index is 0.0335.